The smallest absolute Gasteiger partial charge is 0.343 e. The second kappa shape index (κ2) is 4.19. The van der Waals surface area contributed by atoms with Crippen LogP contribution in [0.5, 0.6) is 0 Å². The first-order valence-electron chi connectivity index (χ1n) is 5.23. The molecule has 7 nitrogen and oxygen atoms in total. The highest BCUT2D eigenvalue weighted by atomic mass is 32.2. The summed E-state index contributed by atoms with van der Waals surface area (Å²) in [6.07, 6.45) is 1.57. The van der Waals surface area contributed by atoms with E-state index in [1.807, 2.05) is 0 Å². The first kappa shape index (κ1) is 12.2. The van der Waals surface area contributed by atoms with E-state index in [1.165, 1.54) is 16.3 Å². The molecule has 0 saturated heterocycles. The zero-order valence-corrected chi connectivity index (χ0v) is 10.2. The molecule has 1 heterocycles. The van der Waals surface area contributed by atoms with E-state index in [0.29, 0.717) is 24.4 Å². The number of hydrogen-bond acceptors (Lipinski definition) is 5. The molecule has 0 aliphatic heterocycles. The van der Waals surface area contributed by atoms with Gasteiger partial charge in [-0.3, -0.25) is 9.36 Å². The molecule has 4 N–H and O–H groups in total. The number of aromatic nitrogens is 3. The van der Waals surface area contributed by atoms with Gasteiger partial charge >= 0.3 is 11.7 Å². The van der Waals surface area contributed by atoms with Gasteiger partial charge in [-0.2, -0.15) is 0 Å². The number of nitrogens with two attached hydrogens (primary N) is 1. The number of thioether (sulfide) groups is 1. The summed E-state index contributed by atoms with van der Waals surface area (Å²) < 4.78 is 1.40. The van der Waals surface area contributed by atoms with Crippen molar-refractivity contribution in [2.45, 2.75) is 35.2 Å². The number of carboxylic acids is 1. The molecule has 17 heavy (non-hydrogen) atoms. The number of carboxylic acid groups (broad SMARTS) is 1. The van der Waals surface area contributed by atoms with Crippen LogP contribution in [0.2, 0.25) is 0 Å². The summed E-state index contributed by atoms with van der Waals surface area (Å²) in [7, 11) is 1.62. The van der Waals surface area contributed by atoms with Gasteiger partial charge in [0.05, 0.1) is 0 Å². The van der Waals surface area contributed by atoms with Gasteiger partial charge in [0.2, 0.25) is 0 Å². The van der Waals surface area contributed by atoms with Gasteiger partial charge in [-0.25, -0.2) is 9.89 Å². The first-order valence-corrected chi connectivity index (χ1v) is 6.11. The van der Waals surface area contributed by atoms with Gasteiger partial charge in [0.15, 0.2) is 5.16 Å². The van der Waals surface area contributed by atoms with Crippen LogP contribution in [0.4, 0.5) is 0 Å². The number of rotatable bonds is 3. The Morgan fingerprint density at radius 1 is 1.76 bits per heavy atom. The van der Waals surface area contributed by atoms with E-state index in [0.717, 1.165) is 0 Å². The van der Waals surface area contributed by atoms with E-state index in [9.17, 15) is 9.59 Å². The number of hydrogen-bond donors (Lipinski definition) is 3. The lowest BCUT2D eigenvalue weighted by molar-refractivity contribution is -0.143. The number of H-pyrrole nitrogens is 1. The fourth-order valence-corrected chi connectivity index (χ4v) is 3.16. The quantitative estimate of drug-likeness (QED) is 0.675. The molecule has 2 unspecified atom stereocenters. The van der Waals surface area contributed by atoms with Gasteiger partial charge in [0.1, 0.15) is 5.54 Å². The van der Waals surface area contributed by atoms with Crippen molar-refractivity contribution in [3.8, 4) is 0 Å². The van der Waals surface area contributed by atoms with E-state index in [4.69, 9.17) is 10.8 Å². The maximum atomic E-state index is 11.2. The van der Waals surface area contributed by atoms with Crippen molar-refractivity contribution in [3.63, 3.8) is 0 Å². The maximum Gasteiger partial charge on any atom is 0.343 e. The zero-order valence-electron chi connectivity index (χ0n) is 9.34. The normalized spacial score (nSPS) is 28.5. The minimum Gasteiger partial charge on any atom is -0.480 e. The summed E-state index contributed by atoms with van der Waals surface area (Å²) >= 11 is 1.40. The molecule has 94 valence electrons. The Hall–Kier alpha value is -1.28. The predicted molar refractivity (Wildman–Crippen MR) is 61.9 cm³/mol. The number of nitrogens with one attached hydrogen (secondary N) is 1. The third-order valence-corrected chi connectivity index (χ3v) is 4.35. The fourth-order valence-electron chi connectivity index (χ4n) is 1.91. The Bertz CT molecular complexity index is 497. The van der Waals surface area contributed by atoms with Crippen LogP contribution in [0.1, 0.15) is 19.3 Å². The molecule has 1 aliphatic carbocycles. The van der Waals surface area contributed by atoms with Crippen molar-refractivity contribution in [1.29, 1.82) is 0 Å². The van der Waals surface area contributed by atoms with Gasteiger partial charge in [0, 0.05) is 12.3 Å². The van der Waals surface area contributed by atoms with Crippen LogP contribution in [0.25, 0.3) is 0 Å². The highest BCUT2D eigenvalue weighted by Gasteiger charge is 2.42. The molecule has 2 atom stereocenters. The summed E-state index contributed by atoms with van der Waals surface area (Å²) in [4.78, 5) is 22.1. The lowest BCUT2D eigenvalue weighted by Gasteiger charge is -2.17. The monoisotopic (exact) mass is 258 g/mol. The van der Waals surface area contributed by atoms with Crippen LogP contribution in [0, 0.1) is 0 Å². The predicted octanol–water partition coefficient (Wildman–Crippen LogP) is -0.465. The summed E-state index contributed by atoms with van der Waals surface area (Å²) in [6, 6.07) is 0. The van der Waals surface area contributed by atoms with Gasteiger partial charge < -0.3 is 10.8 Å². The van der Waals surface area contributed by atoms with Gasteiger partial charge in [0.25, 0.3) is 0 Å². The molecule has 0 bridgehead atoms. The molecule has 1 aromatic rings. The van der Waals surface area contributed by atoms with Crippen LogP contribution in [-0.4, -0.2) is 36.6 Å². The van der Waals surface area contributed by atoms with E-state index in [2.05, 4.69) is 10.2 Å². The van der Waals surface area contributed by atoms with E-state index >= 15 is 0 Å². The number of nitrogens with zero attached hydrogens (tertiary/aromatic N) is 2. The lowest BCUT2D eigenvalue weighted by Crippen LogP contribution is -2.45. The van der Waals surface area contributed by atoms with Crippen LogP contribution >= 0.6 is 11.8 Å². The van der Waals surface area contributed by atoms with Gasteiger partial charge in [-0.1, -0.05) is 11.8 Å². The molecule has 2 rings (SSSR count). The Morgan fingerprint density at radius 3 is 2.94 bits per heavy atom. The Kier molecular flexibility index (Phi) is 3.00. The average molecular weight is 258 g/mol. The molecular formula is C9H14N4O3S. The second-order valence-corrected chi connectivity index (χ2v) is 5.58. The Labute approximate surface area is 101 Å². The van der Waals surface area contributed by atoms with Crippen molar-refractivity contribution in [2.24, 2.45) is 12.8 Å². The topological polar surface area (TPSA) is 114 Å². The molecule has 0 amide bonds. The molecule has 0 spiro atoms. The molecule has 1 aromatic heterocycles. The second-order valence-electron chi connectivity index (χ2n) is 4.31. The lowest BCUT2D eigenvalue weighted by atomic mass is 10.0. The fraction of sp³-hybridized carbons (Fsp3) is 0.667. The standard InChI is InChI=1S/C9H14N4O3S/c1-13-7(16)11-12-8(13)17-5-2-3-9(10,4-5)6(14)15/h5H,2-4,10H2,1H3,(H,11,16)(H,14,15). The number of carbonyl (C=O) groups is 1. The van der Waals surface area contributed by atoms with Gasteiger partial charge in [-0.05, 0) is 19.3 Å². The van der Waals surface area contributed by atoms with E-state index < -0.39 is 11.5 Å². The van der Waals surface area contributed by atoms with Crippen LogP contribution in [0.15, 0.2) is 9.95 Å². The molecular weight excluding hydrogens is 244 g/mol. The minimum atomic E-state index is -1.13. The van der Waals surface area contributed by atoms with Gasteiger partial charge in [-0.15, -0.1) is 5.10 Å². The van der Waals surface area contributed by atoms with Crippen molar-refractivity contribution in [3.05, 3.63) is 10.5 Å². The first-order chi connectivity index (χ1) is 7.92. The Morgan fingerprint density at radius 2 is 2.47 bits per heavy atom. The van der Waals surface area contributed by atoms with E-state index in [-0.39, 0.29) is 10.9 Å². The molecule has 1 aliphatic rings. The molecule has 1 saturated carbocycles. The molecule has 1 fully saturated rings. The highest BCUT2D eigenvalue weighted by Crippen LogP contribution is 2.38. The third kappa shape index (κ3) is 2.22. The van der Waals surface area contributed by atoms with E-state index in [1.54, 1.807) is 7.05 Å². The summed E-state index contributed by atoms with van der Waals surface area (Å²) in [5.74, 6) is -0.962. The van der Waals surface area contributed by atoms with Crippen molar-refractivity contribution in [1.82, 2.24) is 14.8 Å². The summed E-state index contributed by atoms with van der Waals surface area (Å²) in [5, 5.41) is 15.9. The third-order valence-electron chi connectivity index (χ3n) is 3.04. The average Bonchev–Trinajstić information content (AvgIpc) is 2.78. The number of aromatic amines is 1. The Balaban J connectivity index is 2.06. The van der Waals surface area contributed by atoms with Crippen LogP contribution < -0.4 is 11.4 Å². The van der Waals surface area contributed by atoms with Crippen molar-refractivity contribution >= 4 is 17.7 Å². The van der Waals surface area contributed by atoms with Crippen molar-refractivity contribution in [2.75, 3.05) is 0 Å². The maximum absolute atomic E-state index is 11.2. The summed E-state index contributed by atoms with van der Waals surface area (Å²) in [5.41, 5.74) is 4.37. The SMILES string of the molecule is Cn1c(SC2CCC(N)(C(=O)O)C2)n[nH]c1=O. The number of aliphatic carboxylic acids is 1. The molecule has 8 heteroatoms. The van der Waals surface area contributed by atoms with Crippen molar-refractivity contribution < 1.29 is 9.90 Å². The van der Waals surface area contributed by atoms with Crippen LogP contribution in [-0.2, 0) is 11.8 Å². The molecule has 0 aromatic carbocycles. The summed E-state index contributed by atoms with van der Waals surface area (Å²) in [6.45, 7) is 0. The zero-order chi connectivity index (χ0) is 12.6. The molecule has 0 radical (unpaired) electrons. The minimum absolute atomic E-state index is 0.0880. The largest absolute Gasteiger partial charge is 0.480 e. The van der Waals surface area contributed by atoms with Crippen LogP contribution in [0.3, 0.4) is 0 Å². The highest BCUT2D eigenvalue weighted by molar-refractivity contribution is 7.99.